The second-order valence-corrected chi connectivity index (χ2v) is 6.26. The molecule has 1 N–H and O–H groups in total. The number of nitrogens with zero attached hydrogens (tertiary/aromatic N) is 3. The maximum absolute atomic E-state index is 12.6. The second kappa shape index (κ2) is 8.48. The molecular formula is C19H22N4O4. The van der Waals surface area contributed by atoms with Crippen LogP contribution in [0.25, 0.3) is 0 Å². The molecule has 0 spiro atoms. The lowest BCUT2D eigenvalue weighted by Gasteiger charge is -2.34. The number of aromatic nitrogens is 2. The molecule has 0 aliphatic carbocycles. The maximum Gasteiger partial charge on any atom is 0.274 e. The van der Waals surface area contributed by atoms with Crippen molar-refractivity contribution in [1.82, 2.24) is 20.0 Å². The molecule has 0 saturated carbocycles. The summed E-state index contributed by atoms with van der Waals surface area (Å²) in [6.07, 6.45) is 0.929. The van der Waals surface area contributed by atoms with Crippen LogP contribution in [-0.2, 0) is 0 Å². The van der Waals surface area contributed by atoms with Gasteiger partial charge in [-0.3, -0.25) is 14.4 Å². The molecule has 1 aliphatic heterocycles. The average molecular weight is 370 g/mol. The molecule has 0 atom stereocenters. The summed E-state index contributed by atoms with van der Waals surface area (Å²) >= 11 is 0. The third-order valence-corrected chi connectivity index (χ3v) is 4.33. The Morgan fingerprint density at radius 2 is 1.63 bits per heavy atom. The number of benzene rings is 1. The Bertz CT molecular complexity index is 834. The van der Waals surface area contributed by atoms with E-state index in [0.29, 0.717) is 38.3 Å². The molecule has 1 saturated heterocycles. The van der Waals surface area contributed by atoms with Crippen molar-refractivity contribution >= 4 is 11.8 Å². The molecule has 1 fully saturated rings. The fraction of sp³-hybridized carbons (Fsp3) is 0.368. The van der Waals surface area contributed by atoms with Crippen molar-refractivity contribution in [3.05, 3.63) is 58.0 Å². The predicted molar refractivity (Wildman–Crippen MR) is 98.9 cm³/mol. The van der Waals surface area contributed by atoms with Crippen molar-refractivity contribution in [3.8, 4) is 5.75 Å². The lowest BCUT2D eigenvalue weighted by Crippen LogP contribution is -2.50. The van der Waals surface area contributed by atoms with Gasteiger partial charge in [0, 0.05) is 37.8 Å². The van der Waals surface area contributed by atoms with Crippen LogP contribution < -0.4 is 10.3 Å². The number of hydrogen-bond donors (Lipinski definition) is 1. The zero-order chi connectivity index (χ0) is 19.2. The number of amides is 2. The third-order valence-electron chi connectivity index (χ3n) is 4.33. The molecule has 27 heavy (non-hydrogen) atoms. The first-order valence-corrected chi connectivity index (χ1v) is 8.95. The minimum absolute atomic E-state index is 0.0636. The fourth-order valence-corrected chi connectivity index (χ4v) is 2.83. The molecule has 1 aromatic heterocycles. The van der Waals surface area contributed by atoms with Crippen LogP contribution >= 0.6 is 0 Å². The van der Waals surface area contributed by atoms with Crippen LogP contribution in [0, 0.1) is 0 Å². The fourth-order valence-electron chi connectivity index (χ4n) is 2.83. The number of ether oxygens (including phenoxy) is 1. The summed E-state index contributed by atoms with van der Waals surface area (Å²) in [6.45, 7) is 4.42. The highest BCUT2D eigenvalue weighted by Crippen LogP contribution is 2.15. The van der Waals surface area contributed by atoms with E-state index in [4.69, 9.17) is 4.74 Å². The maximum atomic E-state index is 12.6. The number of H-pyrrole nitrogens is 1. The Kier molecular flexibility index (Phi) is 5.85. The van der Waals surface area contributed by atoms with Gasteiger partial charge in [-0.15, -0.1) is 0 Å². The highest BCUT2D eigenvalue weighted by Gasteiger charge is 2.26. The van der Waals surface area contributed by atoms with Crippen LogP contribution in [0.1, 0.15) is 34.2 Å². The van der Waals surface area contributed by atoms with Gasteiger partial charge in [0.05, 0.1) is 6.61 Å². The SMILES string of the molecule is CCCOc1ccc(C(=O)N2CCN(C(=O)c3ccc(=O)[nH]n3)CC2)cc1. The summed E-state index contributed by atoms with van der Waals surface area (Å²) in [5.41, 5.74) is 0.436. The number of piperazine rings is 1. The van der Waals surface area contributed by atoms with E-state index in [1.165, 1.54) is 12.1 Å². The van der Waals surface area contributed by atoms with Crippen molar-refractivity contribution in [1.29, 1.82) is 0 Å². The third kappa shape index (κ3) is 4.52. The van der Waals surface area contributed by atoms with Crippen molar-refractivity contribution in [2.24, 2.45) is 0 Å². The Labute approximate surface area is 156 Å². The lowest BCUT2D eigenvalue weighted by molar-refractivity contribution is 0.0531. The Morgan fingerprint density at radius 1 is 1.00 bits per heavy atom. The van der Waals surface area contributed by atoms with Gasteiger partial charge >= 0.3 is 0 Å². The van der Waals surface area contributed by atoms with Crippen molar-refractivity contribution < 1.29 is 14.3 Å². The summed E-state index contributed by atoms with van der Waals surface area (Å²) in [6, 6.07) is 9.79. The number of rotatable bonds is 5. The molecule has 2 heterocycles. The van der Waals surface area contributed by atoms with Crippen LogP contribution in [0.4, 0.5) is 0 Å². The largest absolute Gasteiger partial charge is 0.494 e. The molecule has 0 radical (unpaired) electrons. The molecule has 1 aromatic carbocycles. The Balaban J connectivity index is 1.56. The number of hydrogen-bond acceptors (Lipinski definition) is 5. The van der Waals surface area contributed by atoms with Crippen molar-refractivity contribution in [3.63, 3.8) is 0 Å². The van der Waals surface area contributed by atoms with E-state index < -0.39 is 0 Å². The Hall–Kier alpha value is -3.16. The Morgan fingerprint density at radius 3 is 2.19 bits per heavy atom. The highest BCUT2D eigenvalue weighted by atomic mass is 16.5. The second-order valence-electron chi connectivity index (χ2n) is 6.26. The van der Waals surface area contributed by atoms with E-state index in [9.17, 15) is 14.4 Å². The smallest absolute Gasteiger partial charge is 0.274 e. The first-order chi connectivity index (χ1) is 13.1. The van der Waals surface area contributed by atoms with Gasteiger partial charge in [-0.25, -0.2) is 5.10 Å². The zero-order valence-electron chi connectivity index (χ0n) is 15.2. The zero-order valence-corrected chi connectivity index (χ0v) is 15.2. The average Bonchev–Trinajstić information content (AvgIpc) is 2.72. The highest BCUT2D eigenvalue weighted by molar-refractivity contribution is 5.95. The summed E-state index contributed by atoms with van der Waals surface area (Å²) in [5.74, 6) is 0.430. The quantitative estimate of drug-likeness (QED) is 0.852. The number of aromatic amines is 1. The molecule has 8 heteroatoms. The van der Waals surface area contributed by atoms with Gasteiger partial charge in [0.25, 0.3) is 17.4 Å². The van der Waals surface area contributed by atoms with Gasteiger partial charge in [0.2, 0.25) is 0 Å². The number of nitrogens with one attached hydrogen (secondary N) is 1. The van der Waals surface area contributed by atoms with Crippen LogP contribution in [0.15, 0.2) is 41.2 Å². The van der Waals surface area contributed by atoms with Crippen LogP contribution in [-0.4, -0.2) is 64.6 Å². The summed E-state index contributed by atoms with van der Waals surface area (Å²) in [5, 5.41) is 6.02. The molecule has 1 aliphatic rings. The van der Waals surface area contributed by atoms with Gasteiger partial charge in [0.15, 0.2) is 0 Å². The monoisotopic (exact) mass is 370 g/mol. The number of carbonyl (C=O) groups is 2. The summed E-state index contributed by atoms with van der Waals surface area (Å²) in [7, 11) is 0. The van der Waals surface area contributed by atoms with Gasteiger partial charge in [-0.1, -0.05) is 6.92 Å². The van der Waals surface area contributed by atoms with E-state index in [2.05, 4.69) is 10.2 Å². The minimum atomic E-state index is -0.354. The molecule has 2 aromatic rings. The lowest BCUT2D eigenvalue weighted by atomic mass is 10.1. The molecule has 3 rings (SSSR count). The molecule has 8 nitrogen and oxygen atoms in total. The van der Waals surface area contributed by atoms with E-state index in [1.54, 1.807) is 34.1 Å². The van der Waals surface area contributed by atoms with E-state index >= 15 is 0 Å². The molecule has 0 unspecified atom stereocenters. The molecule has 2 amide bonds. The van der Waals surface area contributed by atoms with E-state index in [-0.39, 0.29) is 23.1 Å². The van der Waals surface area contributed by atoms with Gasteiger partial charge in [-0.2, -0.15) is 5.10 Å². The standard InChI is InChI=1S/C19H22N4O4/c1-2-13-27-15-5-3-14(4-6-15)18(25)22-9-11-23(12-10-22)19(26)16-7-8-17(24)21-20-16/h3-8H,2,9-13H2,1H3,(H,21,24). The van der Waals surface area contributed by atoms with Gasteiger partial charge in [0.1, 0.15) is 11.4 Å². The summed E-state index contributed by atoms with van der Waals surface area (Å²) in [4.78, 5) is 39.5. The van der Waals surface area contributed by atoms with Crippen LogP contribution in [0.2, 0.25) is 0 Å². The first-order valence-electron chi connectivity index (χ1n) is 8.95. The minimum Gasteiger partial charge on any atom is -0.494 e. The number of carbonyl (C=O) groups excluding carboxylic acids is 2. The van der Waals surface area contributed by atoms with Gasteiger partial charge < -0.3 is 14.5 Å². The summed E-state index contributed by atoms with van der Waals surface area (Å²) < 4.78 is 5.53. The topological polar surface area (TPSA) is 95.6 Å². The first kappa shape index (κ1) is 18.6. The molecule has 0 bridgehead atoms. The van der Waals surface area contributed by atoms with Crippen molar-refractivity contribution in [2.45, 2.75) is 13.3 Å². The molecule has 142 valence electrons. The van der Waals surface area contributed by atoms with Crippen molar-refractivity contribution in [2.75, 3.05) is 32.8 Å². The normalized spacial score (nSPS) is 14.1. The van der Waals surface area contributed by atoms with Crippen LogP contribution in [0.5, 0.6) is 5.75 Å². The van der Waals surface area contributed by atoms with E-state index in [0.717, 1.165) is 12.2 Å². The van der Waals surface area contributed by atoms with Gasteiger partial charge in [-0.05, 0) is 36.8 Å². The van der Waals surface area contributed by atoms with Crippen LogP contribution in [0.3, 0.4) is 0 Å². The predicted octanol–water partition coefficient (Wildman–Crippen LogP) is 1.16. The molecular weight excluding hydrogens is 348 g/mol. The van der Waals surface area contributed by atoms with E-state index in [1.807, 2.05) is 6.92 Å².